The molecule has 0 aliphatic heterocycles. The van der Waals surface area contributed by atoms with Crippen LogP contribution >= 0.6 is 0 Å². The van der Waals surface area contributed by atoms with Gasteiger partial charge in [-0.25, -0.2) is 8.78 Å². The molecule has 2 nitrogen and oxygen atoms in total. The first kappa shape index (κ1) is 13.8. The van der Waals surface area contributed by atoms with E-state index in [-0.39, 0.29) is 23.9 Å². The van der Waals surface area contributed by atoms with Crippen LogP contribution < -0.4 is 0 Å². The Labute approximate surface area is 100 Å². The molecule has 0 aliphatic rings. The van der Waals surface area contributed by atoms with Gasteiger partial charge in [0, 0.05) is 12.1 Å². The van der Waals surface area contributed by atoms with Gasteiger partial charge >= 0.3 is 0 Å². The molecule has 0 bridgehead atoms. The number of ketones is 1. The first-order valence-corrected chi connectivity index (χ1v) is 5.64. The first-order valence-electron chi connectivity index (χ1n) is 5.64. The van der Waals surface area contributed by atoms with Crippen LogP contribution in [0, 0.1) is 11.6 Å². The van der Waals surface area contributed by atoms with Crippen LogP contribution in [0.4, 0.5) is 8.78 Å². The summed E-state index contributed by atoms with van der Waals surface area (Å²) in [5, 5.41) is 0. The molecule has 0 saturated carbocycles. The van der Waals surface area contributed by atoms with Gasteiger partial charge in [0.2, 0.25) is 0 Å². The molecule has 0 spiro atoms. The lowest BCUT2D eigenvalue weighted by molar-refractivity contribution is 0.0919. The fourth-order valence-electron chi connectivity index (χ4n) is 1.49. The minimum atomic E-state index is -0.799. The van der Waals surface area contributed by atoms with Gasteiger partial charge < -0.3 is 0 Å². The lowest BCUT2D eigenvalue weighted by Crippen LogP contribution is -2.33. The number of carbonyl (C=O) groups excluding carboxylic acids is 1. The van der Waals surface area contributed by atoms with Crippen molar-refractivity contribution < 1.29 is 13.6 Å². The molecule has 1 aromatic rings. The van der Waals surface area contributed by atoms with Gasteiger partial charge in [-0.2, -0.15) is 0 Å². The minimum Gasteiger partial charge on any atom is -0.296 e. The van der Waals surface area contributed by atoms with E-state index in [1.165, 1.54) is 6.07 Å². The molecule has 0 N–H and O–H groups in total. The molecule has 1 unspecified atom stereocenters. The van der Waals surface area contributed by atoms with Gasteiger partial charge in [-0.3, -0.25) is 9.69 Å². The maximum atomic E-state index is 13.4. The third kappa shape index (κ3) is 3.60. The number of hydrogen-bond donors (Lipinski definition) is 0. The average Bonchev–Trinajstić information content (AvgIpc) is 2.27. The molecule has 1 rings (SSSR count). The molecule has 0 heterocycles. The Bertz CT molecular complexity index is 406. The number of Topliss-reactive ketones (excluding diaryl/α,β-unsaturated/α-hetero) is 1. The van der Waals surface area contributed by atoms with Crippen LogP contribution in [-0.4, -0.2) is 30.3 Å². The Hall–Kier alpha value is -1.29. The van der Waals surface area contributed by atoms with Crippen LogP contribution in [0.1, 0.15) is 30.6 Å². The fourth-order valence-corrected chi connectivity index (χ4v) is 1.49. The van der Waals surface area contributed by atoms with E-state index in [0.717, 1.165) is 18.6 Å². The molecule has 0 fully saturated rings. The van der Waals surface area contributed by atoms with Crippen LogP contribution in [-0.2, 0) is 0 Å². The highest BCUT2D eigenvalue weighted by Crippen LogP contribution is 2.11. The number of rotatable bonds is 5. The van der Waals surface area contributed by atoms with E-state index in [4.69, 9.17) is 0 Å². The Morgan fingerprint density at radius 1 is 1.41 bits per heavy atom. The second-order valence-corrected chi connectivity index (χ2v) is 4.22. The van der Waals surface area contributed by atoms with E-state index in [2.05, 4.69) is 0 Å². The number of hydrogen-bond acceptors (Lipinski definition) is 2. The van der Waals surface area contributed by atoms with E-state index >= 15 is 0 Å². The van der Waals surface area contributed by atoms with E-state index < -0.39 is 11.6 Å². The topological polar surface area (TPSA) is 20.3 Å². The van der Waals surface area contributed by atoms with E-state index in [9.17, 15) is 13.6 Å². The van der Waals surface area contributed by atoms with Crippen LogP contribution in [0.15, 0.2) is 18.2 Å². The van der Waals surface area contributed by atoms with Gasteiger partial charge in [0.25, 0.3) is 0 Å². The normalized spacial score (nSPS) is 12.8. The molecular formula is C13H17F2NO. The van der Waals surface area contributed by atoms with Crippen LogP contribution in [0.3, 0.4) is 0 Å². The third-order valence-corrected chi connectivity index (χ3v) is 2.97. The number of likely N-dealkylation sites (N-methyl/N-ethyl adjacent to an activating group) is 1. The van der Waals surface area contributed by atoms with Crippen molar-refractivity contribution in [3.05, 3.63) is 35.4 Å². The Morgan fingerprint density at radius 2 is 2.06 bits per heavy atom. The molecule has 0 saturated heterocycles. The largest absolute Gasteiger partial charge is 0.296 e. The van der Waals surface area contributed by atoms with Crippen LogP contribution in [0.5, 0.6) is 0 Å². The van der Waals surface area contributed by atoms with Crippen molar-refractivity contribution in [3.8, 4) is 0 Å². The number of benzene rings is 1. The Morgan fingerprint density at radius 3 is 2.59 bits per heavy atom. The number of carbonyl (C=O) groups is 1. The lowest BCUT2D eigenvalue weighted by atomic mass is 10.1. The summed E-state index contributed by atoms with van der Waals surface area (Å²) in [6, 6.07) is 3.27. The molecule has 94 valence electrons. The van der Waals surface area contributed by atoms with Crippen molar-refractivity contribution in [2.45, 2.75) is 26.3 Å². The Kier molecular flexibility index (Phi) is 4.75. The summed E-state index contributed by atoms with van der Waals surface area (Å²) < 4.78 is 26.0. The standard InChI is InChI=1S/C13H17F2NO/c1-4-9(2)16(3)8-13(17)11-6-5-10(14)7-12(11)15/h5-7,9H,4,8H2,1-3H3. The third-order valence-electron chi connectivity index (χ3n) is 2.97. The van der Waals surface area contributed by atoms with Gasteiger partial charge in [0.05, 0.1) is 12.1 Å². The van der Waals surface area contributed by atoms with Crippen molar-refractivity contribution in [1.82, 2.24) is 4.90 Å². The Balaban J connectivity index is 2.76. The van der Waals surface area contributed by atoms with Gasteiger partial charge in [-0.05, 0) is 32.5 Å². The van der Waals surface area contributed by atoms with Crippen molar-refractivity contribution in [2.24, 2.45) is 0 Å². The van der Waals surface area contributed by atoms with Crippen molar-refractivity contribution in [2.75, 3.05) is 13.6 Å². The predicted octanol–water partition coefficient (Wildman–Crippen LogP) is 2.88. The second-order valence-electron chi connectivity index (χ2n) is 4.22. The summed E-state index contributed by atoms with van der Waals surface area (Å²) in [5.41, 5.74) is -0.0541. The smallest absolute Gasteiger partial charge is 0.179 e. The number of halogens is 2. The summed E-state index contributed by atoms with van der Waals surface area (Å²) in [6.07, 6.45) is 0.912. The van der Waals surface area contributed by atoms with E-state index in [1.807, 2.05) is 25.8 Å². The van der Waals surface area contributed by atoms with Crippen LogP contribution in [0.25, 0.3) is 0 Å². The maximum absolute atomic E-state index is 13.4. The monoisotopic (exact) mass is 241 g/mol. The van der Waals surface area contributed by atoms with Gasteiger partial charge in [0.1, 0.15) is 11.6 Å². The summed E-state index contributed by atoms with van der Waals surface area (Å²) >= 11 is 0. The summed E-state index contributed by atoms with van der Waals surface area (Å²) in [7, 11) is 1.81. The average molecular weight is 241 g/mol. The lowest BCUT2D eigenvalue weighted by Gasteiger charge is -2.22. The highest BCUT2D eigenvalue weighted by atomic mass is 19.1. The SMILES string of the molecule is CCC(C)N(C)CC(=O)c1ccc(F)cc1F. The maximum Gasteiger partial charge on any atom is 0.179 e. The molecule has 0 aliphatic carbocycles. The van der Waals surface area contributed by atoms with Crippen molar-refractivity contribution >= 4 is 5.78 Å². The minimum absolute atomic E-state index is 0.0541. The molecule has 1 atom stereocenters. The zero-order chi connectivity index (χ0) is 13.0. The number of nitrogens with zero attached hydrogens (tertiary/aromatic N) is 1. The van der Waals surface area contributed by atoms with Crippen LogP contribution in [0.2, 0.25) is 0 Å². The van der Waals surface area contributed by atoms with Gasteiger partial charge in [-0.1, -0.05) is 6.92 Å². The van der Waals surface area contributed by atoms with E-state index in [0.29, 0.717) is 0 Å². The summed E-state index contributed by atoms with van der Waals surface area (Å²) in [5.74, 6) is -1.80. The zero-order valence-corrected chi connectivity index (χ0v) is 10.3. The fraction of sp³-hybridized carbons (Fsp3) is 0.462. The summed E-state index contributed by atoms with van der Waals surface area (Å²) in [6.45, 7) is 4.15. The highest BCUT2D eigenvalue weighted by Gasteiger charge is 2.16. The molecule has 4 heteroatoms. The van der Waals surface area contributed by atoms with E-state index in [1.54, 1.807) is 0 Å². The molecular weight excluding hydrogens is 224 g/mol. The van der Waals surface area contributed by atoms with Crippen molar-refractivity contribution in [1.29, 1.82) is 0 Å². The molecule has 0 radical (unpaired) electrons. The van der Waals surface area contributed by atoms with Gasteiger partial charge in [0.15, 0.2) is 5.78 Å². The predicted molar refractivity (Wildman–Crippen MR) is 63.1 cm³/mol. The quantitative estimate of drug-likeness (QED) is 0.739. The van der Waals surface area contributed by atoms with Gasteiger partial charge in [-0.15, -0.1) is 0 Å². The highest BCUT2D eigenvalue weighted by molar-refractivity contribution is 5.97. The first-order chi connectivity index (χ1) is 7.95. The van der Waals surface area contributed by atoms with Crippen molar-refractivity contribution in [3.63, 3.8) is 0 Å². The summed E-state index contributed by atoms with van der Waals surface area (Å²) in [4.78, 5) is 13.7. The molecule has 0 aromatic heterocycles. The molecule has 0 amide bonds. The molecule has 1 aromatic carbocycles. The zero-order valence-electron chi connectivity index (χ0n) is 10.3. The molecule has 17 heavy (non-hydrogen) atoms. The second kappa shape index (κ2) is 5.87.